The van der Waals surface area contributed by atoms with Crippen LogP contribution in [-0.4, -0.2) is 11.1 Å². The van der Waals surface area contributed by atoms with Gasteiger partial charge in [-0.1, -0.05) is 36.4 Å². The van der Waals surface area contributed by atoms with Crippen LogP contribution in [0.15, 0.2) is 66.7 Å². The molecule has 0 fully saturated rings. The predicted octanol–water partition coefficient (Wildman–Crippen LogP) is 4.30. The van der Waals surface area contributed by atoms with Gasteiger partial charge in [-0.3, -0.25) is 0 Å². The van der Waals surface area contributed by atoms with Gasteiger partial charge in [0.05, 0.1) is 0 Å². The molecule has 0 radical (unpaired) electrons. The number of aromatic hydroxyl groups is 1. The summed E-state index contributed by atoms with van der Waals surface area (Å²) in [6.45, 7) is 0. The standard InChI is InChI=1S/C19H13FO3/c20-15-8-5-13(6-9-15)7-10-19(22)23-16-11-14-3-1-2-4-17(14)18(21)12-16/h1-12,21H/b10-7+. The summed E-state index contributed by atoms with van der Waals surface area (Å²) in [7, 11) is 0. The average molecular weight is 308 g/mol. The first-order chi connectivity index (χ1) is 11.1. The molecule has 0 aliphatic rings. The molecule has 0 aliphatic heterocycles. The first-order valence-corrected chi connectivity index (χ1v) is 6.99. The third kappa shape index (κ3) is 3.55. The van der Waals surface area contributed by atoms with E-state index in [1.807, 2.05) is 18.2 Å². The Labute approximate surface area is 132 Å². The molecule has 0 atom stereocenters. The molecule has 3 rings (SSSR count). The molecule has 0 unspecified atom stereocenters. The molecule has 3 aromatic rings. The molecule has 3 nitrogen and oxygen atoms in total. The van der Waals surface area contributed by atoms with Crippen LogP contribution < -0.4 is 4.74 Å². The van der Waals surface area contributed by atoms with Crippen LogP contribution >= 0.6 is 0 Å². The fourth-order valence-electron chi connectivity index (χ4n) is 2.21. The van der Waals surface area contributed by atoms with Crippen molar-refractivity contribution in [1.29, 1.82) is 0 Å². The van der Waals surface area contributed by atoms with E-state index in [9.17, 15) is 14.3 Å². The third-order valence-electron chi connectivity index (χ3n) is 3.31. The van der Waals surface area contributed by atoms with Crippen LogP contribution in [0.3, 0.4) is 0 Å². The van der Waals surface area contributed by atoms with Crippen molar-refractivity contribution < 1.29 is 19.0 Å². The lowest BCUT2D eigenvalue weighted by Crippen LogP contribution is -2.03. The van der Waals surface area contributed by atoms with Gasteiger partial charge in [-0.2, -0.15) is 0 Å². The van der Waals surface area contributed by atoms with E-state index in [4.69, 9.17) is 4.74 Å². The summed E-state index contributed by atoms with van der Waals surface area (Å²) in [5, 5.41) is 11.4. The van der Waals surface area contributed by atoms with Gasteiger partial charge in [0, 0.05) is 17.5 Å². The number of halogens is 1. The highest BCUT2D eigenvalue weighted by molar-refractivity contribution is 5.92. The fourth-order valence-corrected chi connectivity index (χ4v) is 2.21. The molecule has 0 heterocycles. The van der Waals surface area contributed by atoms with E-state index in [1.54, 1.807) is 24.3 Å². The highest BCUT2D eigenvalue weighted by Gasteiger charge is 2.06. The van der Waals surface area contributed by atoms with Crippen molar-refractivity contribution in [1.82, 2.24) is 0 Å². The summed E-state index contributed by atoms with van der Waals surface area (Å²) >= 11 is 0. The second-order valence-electron chi connectivity index (χ2n) is 4.97. The summed E-state index contributed by atoms with van der Waals surface area (Å²) in [6, 6.07) is 16.1. The van der Waals surface area contributed by atoms with Gasteiger partial charge >= 0.3 is 5.97 Å². The lowest BCUT2D eigenvalue weighted by molar-refractivity contribution is -0.128. The summed E-state index contributed by atoms with van der Waals surface area (Å²) < 4.78 is 18.0. The Kier molecular flexibility index (Phi) is 4.06. The molecule has 23 heavy (non-hydrogen) atoms. The SMILES string of the molecule is O=C(/C=C/c1ccc(F)cc1)Oc1cc(O)c2ccccc2c1. The van der Waals surface area contributed by atoms with E-state index in [0.29, 0.717) is 10.9 Å². The number of carbonyl (C=O) groups excluding carboxylic acids is 1. The molecule has 0 saturated carbocycles. The normalized spacial score (nSPS) is 11.0. The number of hydrogen-bond acceptors (Lipinski definition) is 3. The van der Waals surface area contributed by atoms with Gasteiger partial charge in [0.25, 0.3) is 0 Å². The van der Waals surface area contributed by atoms with Gasteiger partial charge in [-0.25, -0.2) is 9.18 Å². The van der Waals surface area contributed by atoms with Crippen molar-refractivity contribution in [3.05, 3.63) is 78.1 Å². The van der Waals surface area contributed by atoms with Crippen LogP contribution in [-0.2, 0) is 4.79 Å². The van der Waals surface area contributed by atoms with Crippen LogP contribution in [0.25, 0.3) is 16.8 Å². The second-order valence-corrected chi connectivity index (χ2v) is 4.97. The molecular formula is C19H13FO3. The summed E-state index contributed by atoms with van der Waals surface area (Å²) in [6.07, 6.45) is 2.78. The van der Waals surface area contributed by atoms with E-state index in [2.05, 4.69) is 0 Å². The molecule has 0 spiro atoms. The van der Waals surface area contributed by atoms with Crippen LogP contribution in [0.1, 0.15) is 5.56 Å². The number of esters is 1. The van der Waals surface area contributed by atoms with Crippen molar-refractivity contribution >= 4 is 22.8 Å². The minimum absolute atomic E-state index is 0.0495. The third-order valence-corrected chi connectivity index (χ3v) is 3.31. The molecular weight excluding hydrogens is 295 g/mol. The topological polar surface area (TPSA) is 46.5 Å². The monoisotopic (exact) mass is 308 g/mol. The molecule has 0 aliphatic carbocycles. The lowest BCUT2D eigenvalue weighted by Gasteiger charge is -2.05. The number of hydrogen-bond donors (Lipinski definition) is 1. The van der Waals surface area contributed by atoms with Gasteiger partial charge in [0.2, 0.25) is 0 Å². The zero-order chi connectivity index (χ0) is 16.2. The molecule has 0 amide bonds. The van der Waals surface area contributed by atoms with Crippen molar-refractivity contribution in [3.8, 4) is 11.5 Å². The molecule has 114 valence electrons. The highest BCUT2D eigenvalue weighted by Crippen LogP contribution is 2.30. The number of phenolic OH excluding ortho intramolecular Hbond substituents is 1. The van der Waals surface area contributed by atoms with E-state index in [1.165, 1.54) is 30.4 Å². The van der Waals surface area contributed by atoms with Gasteiger partial charge in [0.15, 0.2) is 0 Å². The fraction of sp³-hybridized carbons (Fsp3) is 0. The van der Waals surface area contributed by atoms with Gasteiger partial charge < -0.3 is 9.84 Å². The van der Waals surface area contributed by atoms with Gasteiger partial charge in [-0.05, 0) is 35.2 Å². The number of benzene rings is 3. The smallest absolute Gasteiger partial charge is 0.336 e. The van der Waals surface area contributed by atoms with E-state index < -0.39 is 5.97 Å². The second kappa shape index (κ2) is 6.32. The van der Waals surface area contributed by atoms with Crippen molar-refractivity contribution in [2.24, 2.45) is 0 Å². The quantitative estimate of drug-likeness (QED) is 0.446. The number of fused-ring (bicyclic) bond motifs is 1. The number of rotatable bonds is 3. The molecule has 0 saturated heterocycles. The maximum absolute atomic E-state index is 12.8. The molecule has 0 bridgehead atoms. The van der Waals surface area contributed by atoms with Crippen LogP contribution in [0, 0.1) is 5.82 Å². The number of ether oxygens (including phenoxy) is 1. The Bertz CT molecular complexity index is 883. The van der Waals surface area contributed by atoms with E-state index in [0.717, 1.165) is 5.39 Å². The largest absolute Gasteiger partial charge is 0.507 e. The zero-order valence-electron chi connectivity index (χ0n) is 12.1. The first-order valence-electron chi connectivity index (χ1n) is 6.99. The maximum Gasteiger partial charge on any atom is 0.336 e. The predicted molar refractivity (Wildman–Crippen MR) is 86.7 cm³/mol. The average Bonchev–Trinajstić information content (AvgIpc) is 2.54. The molecule has 0 aromatic heterocycles. The summed E-state index contributed by atoms with van der Waals surface area (Å²) in [5.74, 6) is -0.608. The molecule has 3 aromatic carbocycles. The Morgan fingerprint density at radius 2 is 1.78 bits per heavy atom. The Balaban J connectivity index is 1.76. The van der Waals surface area contributed by atoms with Crippen LogP contribution in [0.4, 0.5) is 4.39 Å². The zero-order valence-corrected chi connectivity index (χ0v) is 12.1. The summed E-state index contributed by atoms with van der Waals surface area (Å²) in [5.41, 5.74) is 0.685. The van der Waals surface area contributed by atoms with E-state index >= 15 is 0 Å². The van der Waals surface area contributed by atoms with Crippen LogP contribution in [0.5, 0.6) is 11.5 Å². The van der Waals surface area contributed by atoms with Crippen molar-refractivity contribution in [2.45, 2.75) is 0 Å². The maximum atomic E-state index is 12.8. The summed E-state index contributed by atoms with van der Waals surface area (Å²) in [4.78, 5) is 11.8. The minimum Gasteiger partial charge on any atom is -0.507 e. The van der Waals surface area contributed by atoms with Crippen LogP contribution in [0.2, 0.25) is 0 Å². The first kappa shape index (κ1) is 14.8. The number of phenols is 1. The molecule has 1 N–H and O–H groups in total. The van der Waals surface area contributed by atoms with Crippen molar-refractivity contribution in [3.63, 3.8) is 0 Å². The van der Waals surface area contributed by atoms with Gasteiger partial charge in [0.1, 0.15) is 17.3 Å². The number of carbonyl (C=O) groups is 1. The Morgan fingerprint density at radius 3 is 2.57 bits per heavy atom. The molecule has 4 heteroatoms. The Hall–Kier alpha value is -3.14. The van der Waals surface area contributed by atoms with Gasteiger partial charge in [-0.15, -0.1) is 0 Å². The Morgan fingerprint density at radius 1 is 1.04 bits per heavy atom. The van der Waals surface area contributed by atoms with E-state index in [-0.39, 0.29) is 17.3 Å². The van der Waals surface area contributed by atoms with Crippen molar-refractivity contribution in [2.75, 3.05) is 0 Å². The lowest BCUT2D eigenvalue weighted by atomic mass is 10.1. The highest BCUT2D eigenvalue weighted by atomic mass is 19.1. The minimum atomic E-state index is -0.580.